The van der Waals surface area contributed by atoms with E-state index in [1.165, 1.54) is 4.68 Å². The maximum atomic E-state index is 11.3. The molecular formula is C12H13ClN4O2. The number of aromatic nitrogens is 4. The summed E-state index contributed by atoms with van der Waals surface area (Å²) in [4.78, 5) is 11.3. The second kappa shape index (κ2) is 5.79. The van der Waals surface area contributed by atoms with Crippen LogP contribution in [0.1, 0.15) is 25.8 Å². The molecule has 19 heavy (non-hydrogen) atoms. The first-order valence-corrected chi connectivity index (χ1v) is 6.28. The summed E-state index contributed by atoms with van der Waals surface area (Å²) in [5.41, 5.74) is 0.694. The molecule has 100 valence electrons. The zero-order valence-electron chi connectivity index (χ0n) is 10.3. The molecule has 1 atom stereocenters. The Labute approximate surface area is 115 Å². The number of halogens is 1. The van der Waals surface area contributed by atoms with Crippen LogP contribution in [0.25, 0.3) is 11.4 Å². The molecule has 0 radical (unpaired) electrons. The normalized spacial score (nSPS) is 12.3. The molecule has 0 saturated heterocycles. The van der Waals surface area contributed by atoms with E-state index >= 15 is 0 Å². The number of tetrazole rings is 1. The van der Waals surface area contributed by atoms with Gasteiger partial charge in [-0.25, -0.2) is 9.48 Å². The Morgan fingerprint density at radius 3 is 2.95 bits per heavy atom. The van der Waals surface area contributed by atoms with Crippen molar-refractivity contribution in [3.8, 4) is 11.4 Å². The van der Waals surface area contributed by atoms with Crippen molar-refractivity contribution in [2.45, 2.75) is 25.8 Å². The molecule has 0 aliphatic rings. The first kappa shape index (κ1) is 13.5. The van der Waals surface area contributed by atoms with Gasteiger partial charge >= 0.3 is 5.97 Å². The fraction of sp³-hybridized carbons (Fsp3) is 0.333. The molecule has 2 rings (SSSR count). The minimum Gasteiger partial charge on any atom is -0.480 e. The second-order valence-electron chi connectivity index (χ2n) is 4.10. The van der Waals surface area contributed by atoms with Gasteiger partial charge in [0.15, 0.2) is 11.9 Å². The third-order valence-corrected chi connectivity index (χ3v) is 2.95. The van der Waals surface area contributed by atoms with Crippen molar-refractivity contribution in [1.29, 1.82) is 0 Å². The molecule has 6 nitrogen and oxygen atoms in total. The molecule has 1 N–H and O–H groups in total. The van der Waals surface area contributed by atoms with E-state index in [0.29, 0.717) is 22.8 Å². The van der Waals surface area contributed by atoms with Crippen molar-refractivity contribution in [2.24, 2.45) is 0 Å². The van der Waals surface area contributed by atoms with Crippen molar-refractivity contribution >= 4 is 17.6 Å². The van der Waals surface area contributed by atoms with Crippen LogP contribution in [-0.2, 0) is 4.79 Å². The maximum Gasteiger partial charge on any atom is 0.328 e. The smallest absolute Gasteiger partial charge is 0.328 e. The van der Waals surface area contributed by atoms with Gasteiger partial charge in [-0.15, -0.1) is 5.10 Å². The summed E-state index contributed by atoms with van der Waals surface area (Å²) >= 11 is 5.92. The molecule has 1 aromatic carbocycles. The van der Waals surface area contributed by atoms with Crippen LogP contribution in [0.2, 0.25) is 5.02 Å². The highest BCUT2D eigenvalue weighted by atomic mass is 35.5. The van der Waals surface area contributed by atoms with Crippen molar-refractivity contribution in [2.75, 3.05) is 0 Å². The third-order valence-electron chi connectivity index (χ3n) is 2.72. The Morgan fingerprint density at radius 2 is 2.32 bits per heavy atom. The number of carbonyl (C=O) groups is 1. The standard InChI is InChI=1S/C12H13ClN4O2/c1-2-4-10(12(18)19)17-11(14-15-16-17)8-5-3-6-9(13)7-8/h3,5-7,10H,2,4H2,1H3,(H,18,19). The topological polar surface area (TPSA) is 80.9 Å². The van der Waals surface area contributed by atoms with Gasteiger partial charge in [0.25, 0.3) is 0 Å². The summed E-state index contributed by atoms with van der Waals surface area (Å²) < 4.78 is 1.33. The lowest BCUT2D eigenvalue weighted by Gasteiger charge is -2.12. The molecule has 0 fully saturated rings. The predicted molar refractivity (Wildman–Crippen MR) is 69.8 cm³/mol. The average Bonchev–Trinajstić information content (AvgIpc) is 2.84. The quantitative estimate of drug-likeness (QED) is 0.909. The molecule has 0 amide bonds. The second-order valence-corrected chi connectivity index (χ2v) is 4.54. The number of benzene rings is 1. The number of carboxylic acids is 1. The van der Waals surface area contributed by atoms with E-state index in [4.69, 9.17) is 11.6 Å². The first-order valence-electron chi connectivity index (χ1n) is 5.90. The Hall–Kier alpha value is -1.95. The molecule has 2 aromatic rings. The van der Waals surface area contributed by atoms with E-state index in [1.54, 1.807) is 24.3 Å². The summed E-state index contributed by atoms with van der Waals surface area (Å²) in [7, 11) is 0. The van der Waals surface area contributed by atoms with Crippen molar-refractivity contribution in [1.82, 2.24) is 20.2 Å². The lowest BCUT2D eigenvalue weighted by Crippen LogP contribution is -2.21. The van der Waals surface area contributed by atoms with Gasteiger partial charge in [-0.1, -0.05) is 37.1 Å². The molecule has 0 aliphatic carbocycles. The number of aliphatic carboxylic acids is 1. The van der Waals surface area contributed by atoms with Gasteiger partial charge in [-0.2, -0.15) is 0 Å². The highest BCUT2D eigenvalue weighted by Crippen LogP contribution is 2.24. The first-order chi connectivity index (χ1) is 9.13. The molecule has 1 aromatic heterocycles. The molecule has 1 heterocycles. The fourth-order valence-electron chi connectivity index (χ4n) is 1.84. The molecule has 1 unspecified atom stereocenters. The predicted octanol–water partition coefficient (Wildman–Crippen LogP) is 2.42. The van der Waals surface area contributed by atoms with Gasteiger partial charge in [-0.3, -0.25) is 0 Å². The Balaban J connectivity index is 2.44. The van der Waals surface area contributed by atoms with Gasteiger partial charge in [-0.05, 0) is 29.0 Å². The van der Waals surface area contributed by atoms with E-state index in [2.05, 4.69) is 15.5 Å². The van der Waals surface area contributed by atoms with Crippen LogP contribution in [0.4, 0.5) is 0 Å². The van der Waals surface area contributed by atoms with Gasteiger partial charge < -0.3 is 5.11 Å². The number of carboxylic acid groups (broad SMARTS) is 1. The molecule has 7 heteroatoms. The van der Waals surface area contributed by atoms with E-state index in [0.717, 1.165) is 6.42 Å². The highest BCUT2D eigenvalue weighted by Gasteiger charge is 2.24. The Morgan fingerprint density at radius 1 is 1.53 bits per heavy atom. The highest BCUT2D eigenvalue weighted by molar-refractivity contribution is 6.30. The van der Waals surface area contributed by atoms with Gasteiger partial charge in [0, 0.05) is 10.6 Å². The largest absolute Gasteiger partial charge is 0.480 e. The minimum absolute atomic E-state index is 0.406. The van der Waals surface area contributed by atoms with Crippen LogP contribution >= 0.6 is 11.6 Å². The molecule has 0 saturated carbocycles. The van der Waals surface area contributed by atoms with E-state index in [1.807, 2.05) is 6.92 Å². The van der Waals surface area contributed by atoms with E-state index < -0.39 is 12.0 Å². The van der Waals surface area contributed by atoms with E-state index in [-0.39, 0.29) is 0 Å². The number of nitrogens with zero attached hydrogens (tertiary/aromatic N) is 4. The van der Waals surface area contributed by atoms with E-state index in [9.17, 15) is 9.90 Å². The summed E-state index contributed by atoms with van der Waals surface area (Å²) in [6.45, 7) is 1.92. The zero-order valence-corrected chi connectivity index (χ0v) is 11.1. The Bertz CT molecular complexity index is 585. The average molecular weight is 281 g/mol. The van der Waals surface area contributed by atoms with Crippen LogP contribution in [0.15, 0.2) is 24.3 Å². The zero-order chi connectivity index (χ0) is 13.8. The third kappa shape index (κ3) is 2.90. The molecular weight excluding hydrogens is 268 g/mol. The van der Waals surface area contributed by atoms with Crippen LogP contribution in [0.5, 0.6) is 0 Å². The summed E-state index contributed by atoms with van der Waals surface area (Å²) in [6.07, 6.45) is 1.19. The van der Waals surface area contributed by atoms with Crippen molar-refractivity contribution < 1.29 is 9.90 Å². The van der Waals surface area contributed by atoms with Crippen LogP contribution in [0, 0.1) is 0 Å². The lowest BCUT2D eigenvalue weighted by molar-refractivity contribution is -0.141. The number of hydrogen-bond donors (Lipinski definition) is 1. The minimum atomic E-state index is -0.947. The Kier molecular flexibility index (Phi) is 4.11. The number of hydrogen-bond acceptors (Lipinski definition) is 4. The monoisotopic (exact) mass is 280 g/mol. The summed E-state index contributed by atoms with van der Waals surface area (Å²) in [6, 6.07) is 6.23. The summed E-state index contributed by atoms with van der Waals surface area (Å²) in [5.74, 6) is -0.541. The van der Waals surface area contributed by atoms with Crippen LogP contribution in [0.3, 0.4) is 0 Å². The molecule has 0 spiro atoms. The molecule has 0 bridgehead atoms. The van der Waals surface area contributed by atoms with Gasteiger partial charge in [0.2, 0.25) is 0 Å². The van der Waals surface area contributed by atoms with Gasteiger partial charge in [0.05, 0.1) is 0 Å². The SMILES string of the molecule is CCCC(C(=O)O)n1nnnc1-c1cccc(Cl)c1. The van der Waals surface area contributed by atoms with Crippen LogP contribution < -0.4 is 0 Å². The van der Waals surface area contributed by atoms with Crippen molar-refractivity contribution in [3.63, 3.8) is 0 Å². The lowest BCUT2D eigenvalue weighted by atomic mass is 10.1. The molecule has 0 aliphatic heterocycles. The maximum absolute atomic E-state index is 11.3. The van der Waals surface area contributed by atoms with Crippen LogP contribution in [-0.4, -0.2) is 31.3 Å². The number of rotatable bonds is 5. The fourth-order valence-corrected chi connectivity index (χ4v) is 2.04. The van der Waals surface area contributed by atoms with Crippen molar-refractivity contribution in [3.05, 3.63) is 29.3 Å². The summed E-state index contributed by atoms with van der Waals surface area (Å²) in [5, 5.41) is 21.1. The van der Waals surface area contributed by atoms with Gasteiger partial charge in [0.1, 0.15) is 0 Å².